The van der Waals surface area contributed by atoms with Crippen molar-refractivity contribution in [3.63, 3.8) is 0 Å². The minimum absolute atomic E-state index is 0.621. The minimum Gasteiger partial charge on any atom is -0.339 e. The summed E-state index contributed by atoms with van der Waals surface area (Å²) in [5, 5.41) is 8.45. The Labute approximate surface area is 110 Å². The zero-order chi connectivity index (χ0) is 12.4. The molecule has 1 fully saturated rings. The van der Waals surface area contributed by atoms with Crippen molar-refractivity contribution in [1.82, 2.24) is 20.4 Å². The topological polar surface area (TPSA) is 63.8 Å². The molecule has 3 heterocycles. The Hall–Kier alpha value is -1.27. The molecule has 1 unspecified atom stereocenters. The van der Waals surface area contributed by atoms with Gasteiger partial charge in [0.2, 0.25) is 11.7 Å². The lowest BCUT2D eigenvalue weighted by molar-refractivity contribution is 0.316. The predicted molar refractivity (Wildman–Crippen MR) is 69.4 cm³/mol. The fraction of sp³-hybridized carbons (Fsp3) is 0.583. The zero-order valence-electron chi connectivity index (χ0n) is 10.3. The predicted octanol–water partition coefficient (Wildman–Crippen LogP) is 2.04. The summed E-state index contributed by atoms with van der Waals surface area (Å²) >= 11 is 1.59. The number of nitrogens with zero attached hydrogens (tertiary/aromatic N) is 3. The fourth-order valence-electron chi connectivity index (χ4n) is 2.25. The van der Waals surface area contributed by atoms with Crippen molar-refractivity contribution in [2.45, 2.75) is 26.2 Å². The summed E-state index contributed by atoms with van der Waals surface area (Å²) in [7, 11) is 0. The van der Waals surface area contributed by atoms with Gasteiger partial charge in [0.15, 0.2) is 0 Å². The van der Waals surface area contributed by atoms with Gasteiger partial charge in [-0.3, -0.25) is 0 Å². The van der Waals surface area contributed by atoms with Crippen LogP contribution in [0.4, 0.5) is 0 Å². The highest BCUT2D eigenvalue weighted by Gasteiger charge is 2.18. The summed E-state index contributed by atoms with van der Waals surface area (Å²) in [5.41, 5.74) is 0. The van der Waals surface area contributed by atoms with E-state index >= 15 is 0 Å². The molecule has 0 bridgehead atoms. The van der Waals surface area contributed by atoms with E-state index in [9.17, 15) is 0 Å². The molecule has 1 atom stereocenters. The number of aromatic nitrogens is 3. The Balaban J connectivity index is 1.69. The Bertz CT molecular complexity index is 516. The third-order valence-corrected chi connectivity index (χ3v) is 4.08. The van der Waals surface area contributed by atoms with Gasteiger partial charge in [0.25, 0.3) is 0 Å². The Morgan fingerprint density at radius 1 is 1.56 bits per heavy atom. The second-order valence-electron chi connectivity index (χ2n) is 4.67. The molecule has 0 aromatic carbocycles. The average molecular weight is 264 g/mol. The number of rotatable bonds is 3. The molecule has 0 amide bonds. The number of thiazole rings is 1. The van der Waals surface area contributed by atoms with Gasteiger partial charge in [-0.15, -0.1) is 11.3 Å². The SMILES string of the molecule is Cc1ncc(-c2noc(CC3CCCNC3)n2)s1. The van der Waals surface area contributed by atoms with Crippen molar-refractivity contribution in [1.29, 1.82) is 0 Å². The first-order valence-electron chi connectivity index (χ1n) is 6.27. The van der Waals surface area contributed by atoms with Crippen LogP contribution in [0, 0.1) is 12.8 Å². The lowest BCUT2D eigenvalue weighted by Gasteiger charge is -2.20. The number of hydrogen-bond donors (Lipinski definition) is 1. The number of nitrogens with one attached hydrogen (secondary N) is 1. The third kappa shape index (κ3) is 2.59. The maximum absolute atomic E-state index is 5.32. The second-order valence-corrected chi connectivity index (χ2v) is 5.91. The Morgan fingerprint density at radius 2 is 2.50 bits per heavy atom. The van der Waals surface area contributed by atoms with Crippen molar-refractivity contribution < 1.29 is 4.52 Å². The molecule has 2 aromatic heterocycles. The summed E-state index contributed by atoms with van der Waals surface area (Å²) < 4.78 is 5.32. The van der Waals surface area contributed by atoms with Gasteiger partial charge in [-0.1, -0.05) is 5.16 Å². The zero-order valence-corrected chi connectivity index (χ0v) is 11.2. The van der Waals surface area contributed by atoms with Gasteiger partial charge in [0.05, 0.1) is 9.88 Å². The molecule has 3 rings (SSSR count). The molecule has 5 nitrogen and oxygen atoms in total. The summed E-state index contributed by atoms with van der Waals surface area (Å²) in [6.07, 6.45) is 5.15. The number of piperidine rings is 1. The first kappa shape index (κ1) is 11.8. The molecule has 2 aromatic rings. The van der Waals surface area contributed by atoms with E-state index in [0.717, 1.165) is 35.3 Å². The van der Waals surface area contributed by atoms with Crippen molar-refractivity contribution in [2.75, 3.05) is 13.1 Å². The van der Waals surface area contributed by atoms with Crippen LogP contribution >= 0.6 is 11.3 Å². The molecule has 1 N–H and O–H groups in total. The van der Waals surface area contributed by atoms with Crippen LogP contribution in [0.3, 0.4) is 0 Å². The molecule has 6 heteroatoms. The summed E-state index contributed by atoms with van der Waals surface area (Å²) in [6.45, 7) is 4.16. The molecule has 1 aliphatic rings. The fourth-order valence-corrected chi connectivity index (χ4v) is 2.95. The van der Waals surface area contributed by atoms with E-state index in [-0.39, 0.29) is 0 Å². The summed E-state index contributed by atoms with van der Waals surface area (Å²) in [4.78, 5) is 9.63. The molecule has 1 aliphatic heterocycles. The van der Waals surface area contributed by atoms with Gasteiger partial charge in [-0.25, -0.2) is 4.98 Å². The molecule has 18 heavy (non-hydrogen) atoms. The van der Waals surface area contributed by atoms with Gasteiger partial charge in [0.1, 0.15) is 0 Å². The van der Waals surface area contributed by atoms with Crippen LogP contribution in [-0.2, 0) is 6.42 Å². The number of hydrogen-bond acceptors (Lipinski definition) is 6. The lowest BCUT2D eigenvalue weighted by atomic mass is 9.96. The first-order valence-corrected chi connectivity index (χ1v) is 7.09. The van der Waals surface area contributed by atoms with E-state index in [2.05, 4.69) is 20.4 Å². The van der Waals surface area contributed by atoms with Crippen LogP contribution in [0.15, 0.2) is 10.7 Å². The maximum Gasteiger partial charge on any atom is 0.227 e. The van der Waals surface area contributed by atoms with E-state index in [0.29, 0.717) is 11.7 Å². The van der Waals surface area contributed by atoms with Crippen molar-refractivity contribution in [3.05, 3.63) is 17.1 Å². The molecule has 0 aliphatic carbocycles. The van der Waals surface area contributed by atoms with Crippen molar-refractivity contribution >= 4 is 11.3 Å². The van der Waals surface area contributed by atoms with E-state index in [1.54, 1.807) is 17.5 Å². The highest BCUT2D eigenvalue weighted by Crippen LogP contribution is 2.24. The molecular weight excluding hydrogens is 248 g/mol. The van der Waals surface area contributed by atoms with E-state index < -0.39 is 0 Å². The van der Waals surface area contributed by atoms with E-state index in [4.69, 9.17) is 4.52 Å². The van der Waals surface area contributed by atoms with Crippen LogP contribution in [0.2, 0.25) is 0 Å². The Morgan fingerprint density at radius 3 is 3.22 bits per heavy atom. The first-order chi connectivity index (χ1) is 8.81. The monoisotopic (exact) mass is 264 g/mol. The van der Waals surface area contributed by atoms with E-state index in [1.807, 2.05) is 6.92 Å². The highest BCUT2D eigenvalue weighted by atomic mass is 32.1. The largest absolute Gasteiger partial charge is 0.339 e. The molecular formula is C12H16N4OS. The molecule has 1 saturated heterocycles. The standard InChI is InChI=1S/C12H16N4OS/c1-8-14-7-10(18-8)12-15-11(17-16-12)5-9-3-2-4-13-6-9/h7,9,13H,2-6H2,1H3. The maximum atomic E-state index is 5.32. The number of aryl methyl sites for hydroxylation is 1. The van der Waals surface area contributed by atoms with Crippen LogP contribution in [0.1, 0.15) is 23.7 Å². The van der Waals surface area contributed by atoms with Gasteiger partial charge < -0.3 is 9.84 Å². The van der Waals surface area contributed by atoms with Gasteiger partial charge >= 0.3 is 0 Å². The molecule has 0 spiro atoms. The van der Waals surface area contributed by atoms with Gasteiger partial charge in [0, 0.05) is 12.6 Å². The van der Waals surface area contributed by atoms with Crippen LogP contribution in [0.5, 0.6) is 0 Å². The summed E-state index contributed by atoms with van der Waals surface area (Å²) in [5.74, 6) is 2.03. The van der Waals surface area contributed by atoms with Crippen LogP contribution in [-0.4, -0.2) is 28.2 Å². The van der Waals surface area contributed by atoms with Gasteiger partial charge in [-0.2, -0.15) is 4.98 Å². The summed E-state index contributed by atoms with van der Waals surface area (Å²) in [6, 6.07) is 0. The van der Waals surface area contributed by atoms with Crippen LogP contribution < -0.4 is 5.32 Å². The van der Waals surface area contributed by atoms with Crippen LogP contribution in [0.25, 0.3) is 10.7 Å². The minimum atomic E-state index is 0.621. The smallest absolute Gasteiger partial charge is 0.227 e. The lowest BCUT2D eigenvalue weighted by Crippen LogP contribution is -2.30. The normalized spacial score (nSPS) is 20.2. The third-order valence-electron chi connectivity index (χ3n) is 3.17. The van der Waals surface area contributed by atoms with E-state index in [1.165, 1.54) is 12.8 Å². The van der Waals surface area contributed by atoms with Crippen molar-refractivity contribution in [2.24, 2.45) is 5.92 Å². The van der Waals surface area contributed by atoms with Gasteiger partial charge in [-0.05, 0) is 38.8 Å². The Kier molecular flexibility index (Phi) is 3.38. The molecule has 96 valence electrons. The average Bonchev–Trinajstić information content (AvgIpc) is 2.99. The quantitative estimate of drug-likeness (QED) is 0.919. The highest BCUT2D eigenvalue weighted by molar-refractivity contribution is 7.14. The van der Waals surface area contributed by atoms with Crippen molar-refractivity contribution in [3.8, 4) is 10.7 Å². The second kappa shape index (κ2) is 5.16. The molecule has 0 radical (unpaired) electrons. The molecule has 0 saturated carbocycles.